The summed E-state index contributed by atoms with van der Waals surface area (Å²) < 4.78 is 10.8. The molecule has 6 heteroatoms. The molecule has 0 radical (unpaired) electrons. The topological polar surface area (TPSA) is 81.3 Å². The molecule has 136 valence electrons. The number of H-pyrrole nitrogens is 1. The highest BCUT2D eigenvalue weighted by Gasteiger charge is 2.29. The number of benzene rings is 2. The Balaban J connectivity index is 1.95. The Morgan fingerprint density at radius 2 is 1.89 bits per heavy atom. The van der Waals surface area contributed by atoms with Gasteiger partial charge < -0.3 is 14.1 Å². The highest BCUT2D eigenvalue weighted by atomic mass is 16.6. The van der Waals surface area contributed by atoms with Crippen LogP contribution in [-0.2, 0) is 0 Å². The first kappa shape index (κ1) is 16.9. The van der Waals surface area contributed by atoms with Crippen LogP contribution in [0.2, 0.25) is 0 Å². The summed E-state index contributed by atoms with van der Waals surface area (Å²) in [4.78, 5) is 14.5. The predicted octanol–water partition coefficient (Wildman–Crippen LogP) is 4.85. The first-order valence-corrected chi connectivity index (χ1v) is 8.57. The molecule has 1 atom stereocenters. The summed E-state index contributed by atoms with van der Waals surface area (Å²) in [6.07, 6.45) is 1.55. The Kier molecular flexibility index (Phi) is 4.38. The van der Waals surface area contributed by atoms with E-state index >= 15 is 0 Å². The average Bonchev–Trinajstić information content (AvgIpc) is 3.34. The van der Waals surface area contributed by atoms with E-state index in [0.29, 0.717) is 5.76 Å². The molecule has 0 aliphatic heterocycles. The molecule has 0 aliphatic carbocycles. The lowest BCUT2D eigenvalue weighted by atomic mass is 9.91. The molecular weight excluding hydrogens is 344 g/mol. The van der Waals surface area contributed by atoms with Crippen LogP contribution in [0.4, 0.5) is 0 Å². The lowest BCUT2D eigenvalue weighted by Gasteiger charge is -2.13. The zero-order chi connectivity index (χ0) is 18.8. The minimum Gasteiger partial charge on any atom is -0.497 e. The van der Waals surface area contributed by atoms with Crippen molar-refractivity contribution in [3.05, 3.63) is 88.4 Å². The zero-order valence-corrected chi connectivity index (χ0v) is 14.7. The van der Waals surface area contributed by atoms with Gasteiger partial charge in [-0.15, -0.1) is 0 Å². The number of para-hydroxylation sites is 1. The van der Waals surface area contributed by atoms with Crippen molar-refractivity contribution in [3.63, 3.8) is 0 Å². The maximum atomic E-state index is 11.4. The molecule has 0 unspecified atom stereocenters. The second kappa shape index (κ2) is 6.99. The molecule has 27 heavy (non-hydrogen) atoms. The fraction of sp³-hybridized carbons (Fsp3) is 0.143. The molecule has 6 nitrogen and oxygen atoms in total. The smallest absolute Gasteiger partial charge is 0.217 e. The van der Waals surface area contributed by atoms with E-state index in [0.717, 1.165) is 33.5 Å². The molecule has 0 saturated heterocycles. The fourth-order valence-electron chi connectivity index (χ4n) is 3.47. The van der Waals surface area contributed by atoms with Gasteiger partial charge in [-0.05, 0) is 48.0 Å². The van der Waals surface area contributed by atoms with Crippen molar-refractivity contribution < 1.29 is 14.1 Å². The molecule has 2 aromatic carbocycles. The maximum absolute atomic E-state index is 11.4. The van der Waals surface area contributed by atoms with E-state index in [-0.39, 0.29) is 11.5 Å². The number of furan rings is 1. The summed E-state index contributed by atoms with van der Waals surface area (Å²) in [6, 6.07) is 19.0. The number of nitrogens with zero attached hydrogens (tertiary/aromatic N) is 1. The molecule has 0 aliphatic rings. The summed E-state index contributed by atoms with van der Waals surface area (Å²) in [5.41, 5.74) is 3.57. The second-order valence-corrected chi connectivity index (χ2v) is 6.27. The minimum atomic E-state index is -0.497. The molecule has 0 bridgehead atoms. The van der Waals surface area contributed by atoms with Crippen LogP contribution in [0.3, 0.4) is 0 Å². The number of methoxy groups -OCH3 is 1. The van der Waals surface area contributed by atoms with Crippen LogP contribution < -0.4 is 4.74 Å². The molecule has 0 amide bonds. The fourth-order valence-corrected chi connectivity index (χ4v) is 3.47. The number of ether oxygens (including phenoxy) is 1. The van der Waals surface area contributed by atoms with Crippen LogP contribution in [0.25, 0.3) is 22.2 Å². The van der Waals surface area contributed by atoms with Crippen molar-refractivity contribution in [1.29, 1.82) is 0 Å². The monoisotopic (exact) mass is 362 g/mol. The highest BCUT2D eigenvalue weighted by molar-refractivity contribution is 5.92. The van der Waals surface area contributed by atoms with Gasteiger partial charge in [-0.3, -0.25) is 10.1 Å². The van der Waals surface area contributed by atoms with E-state index in [1.807, 2.05) is 48.5 Å². The van der Waals surface area contributed by atoms with Gasteiger partial charge in [-0.2, -0.15) is 0 Å². The average molecular weight is 362 g/mol. The number of hydrogen-bond donors (Lipinski definition) is 1. The van der Waals surface area contributed by atoms with Gasteiger partial charge >= 0.3 is 0 Å². The summed E-state index contributed by atoms with van der Waals surface area (Å²) in [6.45, 7) is -0.251. The number of hydrogen-bond acceptors (Lipinski definition) is 4. The van der Waals surface area contributed by atoms with E-state index in [1.54, 1.807) is 25.5 Å². The Morgan fingerprint density at radius 3 is 2.56 bits per heavy atom. The summed E-state index contributed by atoms with van der Waals surface area (Å²) in [7, 11) is 1.62. The van der Waals surface area contributed by atoms with E-state index < -0.39 is 5.92 Å². The number of nitro groups is 1. The molecule has 0 saturated carbocycles. The molecule has 1 N–H and O–H groups in total. The van der Waals surface area contributed by atoms with Gasteiger partial charge in [0.05, 0.1) is 19.1 Å². The Labute approximate surface area is 155 Å². The molecular formula is C21H18N2O4. The largest absolute Gasteiger partial charge is 0.497 e. The first-order valence-electron chi connectivity index (χ1n) is 8.57. The summed E-state index contributed by atoms with van der Waals surface area (Å²) in [5.74, 6) is 0.832. The van der Waals surface area contributed by atoms with Crippen LogP contribution >= 0.6 is 0 Å². The molecule has 0 spiro atoms. The van der Waals surface area contributed by atoms with E-state index in [9.17, 15) is 10.1 Å². The van der Waals surface area contributed by atoms with Gasteiger partial charge in [-0.25, -0.2) is 0 Å². The Hall–Kier alpha value is -3.54. The minimum absolute atomic E-state index is 0.251. The number of aromatic amines is 1. The van der Waals surface area contributed by atoms with Crippen LogP contribution in [0, 0.1) is 10.1 Å². The van der Waals surface area contributed by atoms with Crippen molar-refractivity contribution in [1.82, 2.24) is 4.98 Å². The third-order valence-electron chi connectivity index (χ3n) is 4.69. The van der Waals surface area contributed by atoms with E-state index in [2.05, 4.69) is 4.98 Å². The van der Waals surface area contributed by atoms with E-state index in [4.69, 9.17) is 9.15 Å². The van der Waals surface area contributed by atoms with Gasteiger partial charge in [0.15, 0.2) is 0 Å². The van der Waals surface area contributed by atoms with Crippen LogP contribution in [0.15, 0.2) is 71.3 Å². The van der Waals surface area contributed by atoms with Crippen molar-refractivity contribution in [2.45, 2.75) is 5.92 Å². The maximum Gasteiger partial charge on any atom is 0.217 e. The van der Waals surface area contributed by atoms with Crippen LogP contribution in [0.1, 0.15) is 17.2 Å². The van der Waals surface area contributed by atoms with Crippen LogP contribution in [-0.4, -0.2) is 23.6 Å². The third-order valence-corrected chi connectivity index (χ3v) is 4.69. The zero-order valence-electron chi connectivity index (χ0n) is 14.7. The number of nitrogens with one attached hydrogen (secondary N) is 1. The molecule has 0 fully saturated rings. The number of aromatic nitrogens is 1. The third kappa shape index (κ3) is 3.17. The van der Waals surface area contributed by atoms with Gasteiger partial charge in [-0.1, -0.05) is 18.2 Å². The first-order chi connectivity index (χ1) is 13.2. The predicted molar refractivity (Wildman–Crippen MR) is 103 cm³/mol. The Bertz CT molecular complexity index is 1070. The van der Waals surface area contributed by atoms with Gasteiger partial charge in [0.1, 0.15) is 17.4 Å². The van der Waals surface area contributed by atoms with Crippen molar-refractivity contribution in [3.8, 4) is 17.0 Å². The van der Waals surface area contributed by atoms with E-state index in [1.165, 1.54) is 0 Å². The lowest BCUT2D eigenvalue weighted by molar-refractivity contribution is -0.482. The van der Waals surface area contributed by atoms with Gasteiger partial charge in [0.25, 0.3) is 0 Å². The molecule has 4 aromatic rings. The summed E-state index contributed by atoms with van der Waals surface area (Å²) in [5, 5.41) is 12.4. The van der Waals surface area contributed by atoms with Gasteiger partial charge in [0, 0.05) is 21.4 Å². The molecule has 2 heterocycles. The number of fused-ring (bicyclic) bond motifs is 1. The highest BCUT2D eigenvalue weighted by Crippen LogP contribution is 2.39. The standard InChI is InChI=1S/C21H18N2O4/c1-26-15-10-8-14(9-11-15)21-20(16-5-2-3-6-18(16)22-21)17(13-23(24)25)19-7-4-12-27-19/h2-12,17,22H,13H2,1H3/t17-/m0/s1. The van der Waals surface area contributed by atoms with Crippen LogP contribution in [0.5, 0.6) is 5.75 Å². The second-order valence-electron chi connectivity index (χ2n) is 6.27. The van der Waals surface area contributed by atoms with Crippen molar-refractivity contribution >= 4 is 10.9 Å². The molecule has 4 rings (SSSR count). The van der Waals surface area contributed by atoms with Crippen molar-refractivity contribution in [2.75, 3.05) is 13.7 Å². The normalized spacial score (nSPS) is 12.2. The quantitative estimate of drug-likeness (QED) is 0.393. The Morgan fingerprint density at radius 1 is 1.11 bits per heavy atom. The van der Waals surface area contributed by atoms with Gasteiger partial charge in [0.2, 0.25) is 6.54 Å². The molecule has 2 aromatic heterocycles. The SMILES string of the molecule is COc1ccc(-c2[nH]c3ccccc3c2[C@@H](C[N+](=O)[O-])c2ccco2)cc1. The van der Waals surface area contributed by atoms with Crippen molar-refractivity contribution in [2.24, 2.45) is 0 Å². The number of rotatable bonds is 6. The lowest BCUT2D eigenvalue weighted by Crippen LogP contribution is -2.14. The summed E-state index contributed by atoms with van der Waals surface area (Å²) >= 11 is 0.